The van der Waals surface area contributed by atoms with Gasteiger partial charge >= 0.3 is 5.97 Å². The maximum Gasteiger partial charge on any atom is 0.303 e. The molecular weight excluding hydrogens is 206 g/mol. The van der Waals surface area contributed by atoms with Crippen molar-refractivity contribution in [3.05, 3.63) is 29.7 Å². The average molecular weight is 219 g/mol. The van der Waals surface area contributed by atoms with Gasteiger partial charge in [-0.05, 0) is 24.5 Å². The van der Waals surface area contributed by atoms with Gasteiger partial charge in [0.05, 0.1) is 0 Å². The number of rotatable bonds is 4. The van der Waals surface area contributed by atoms with Crippen molar-refractivity contribution >= 4 is 17.1 Å². The van der Waals surface area contributed by atoms with Crippen molar-refractivity contribution in [1.82, 2.24) is 4.98 Å². The fourth-order valence-corrected chi connectivity index (χ4v) is 1.75. The first-order chi connectivity index (χ1) is 7.66. The van der Waals surface area contributed by atoms with Gasteiger partial charge in [-0.25, -0.2) is 4.98 Å². The number of para-hydroxylation sites is 1. The number of hydrogen-bond donors (Lipinski definition) is 1. The van der Waals surface area contributed by atoms with Gasteiger partial charge in [-0.1, -0.05) is 12.1 Å². The fraction of sp³-hybridized carbons (Fsp3) is 0.333. The number of fused-ring (bicyclic) bond motifs is 1. The minimum Gasteiger partial charge on any atom is -0.481 e. The first-order valence-corrected chi connectivity index (χ1v) is 5.23. The highest BCUT2D eigenvalue weighted by Crippen LogP contribution is 2.20. The second-order valence-electron chi connectivity index (χ2n) is 3.74. The molecule has 0 atom stereocenters. The quantitative estimate of drug-likeness (QED) is 0.858. The van der Waals surface area contributed by atoms with Crippen LogP contribution in [0, 0.1) is 6.92 Å². The lowest BCUT2D eigenvalue weighted by atomic mass is 10.1. The minimum absolute atomic E-state index is 0.188. The van der Waals surface area contributed by atoms with Crippen LogP contribution in [-0.2, 0) is 11.2 Å². The minimum atomic E-state index is -0.761. The molecule has 4 nitrogen and oxygen atoms in total. The molecule has 0 amide bonds. The zero-order chi connectivity index (χ0) is 11.5. The first-order valence-electron chi connectivity index (χ1n) is 5.23. The van der Waals surface area contributed by atoms with Gasteiger partial charge < -0.3 is 9.52 Å². The van der Waals surface area contributed by atoms with E-state index < -0.39 is 5.97 Å². The summed E-state index contributed by atoms with van der Waals surface area (Å²) in [5.41, 5.74) is 2.67. The summed E-state index contributed by atoms with van der Waals surface area (Å²) >= 11 is 0. The molecule has 1 aromatic heterocycles. The highest BCUT2D eigenvalue weighted by molar-refractivity contribution is 5.76. The van der Waals surface area contributed by atoms with Crippen molar-refractivity contribution in [2.45, 2.75) is 26.2 Å². The van der Waals surface area contributed by atoms with Crippen LogP contribution in [0.1, 0.15) is 24.3 Å². The van der Waals surface area contributed by atoms with Crippen LogP contribution in [0.25, 0.3) is 11.1 Å². The van der Waals surface area contributed by atoms with Crippen LogP contribution in [0.15, 0.2) is 22.6 Å². The number of carboxylic acid groups (broad SMARTS) is 1. The van der Waals surface area contributed by atoms with Crippen LogP contribution in [0.5, 0.6) is 0 Å². The summed E-state index contributed by atoms with van der Waals surface area (Å²) in [7, 11) is 0. The number of nitrogens with zero attached hydrogens (tertiary/aromatic N) is 1. The zero-order valence-electron chi connectivity index (χ0n) is 9.06. The Morgan fingerprint density at radius 3 is 3.06 bits per heavy atom. The van der Waals surface area contributed by atoms with E-state index >= 15 is 0 Å². The molecule has 0 radical (unpaired) electrons. The average Bonchev–Trinajstić information content (AvgIpc) is 2.58. The number of benzene rings is 1. The standard InChI is InChI=1S/C12H13NO3/c1-8-13-12-9(5-3-7-11(14)15)4-2-6-10(12)16-8/h2,4,6H,3,5,7H2,1H3,(H,14,15). The monoisotopic (exact) mass is 219 g/mol. The van der Waals surface area contributed by atoms with Crippen molar-refractivity contribution in [1.29, 1.82) is 0 Å². The van der Waals surface area contributed by atoms with Crippen molar-refractivity contribution in [2.75, 3.05) is 0 Å². The molecule has 0 bridgehead atoms. The molecule has 0 saturated carbocycles. The van der Waals surface area contributed by atoms with E-state index in [0.29, 0.717) is 12.3 Å². The second-order valence-corrected chi connectivity index (χ2v) is 3.74. The SMILES string of the molecule is Cc1nc2c(CCCC(=O)O)cccc2o1. The number of hydrogen-bond acceptors (Lipinski definition) is 3. The third kappa shape index (κ3) is 2.21. The van der Waals surface area contributed by atoms with Crippen molar-refractivity contribution in [3.63, 3.8) is 0 Å². The topological polar surface area (TPSA) is 63.3 Å². The van der Waals surface area contributed by atoms with Crippen LogP contribution in [0.3, 0.4) is 0 Å². The van der Waals surface area contributed by atoms with Gasteiger partial charge in [0.15, 0.2) is 11.5 Å². The van der Waals surface area contributed by atoms with Gasteiger partial charge in [-0.2, -0.15) is 0 Å². The molecule has 1 aromatic carbocycles. The third-order valence-corrected chi connectivity index (χ3v) is 2.45. The Hall–Kier alpha value is -1.84. The van der Waals surface area contributed by atoms with Gasteiger partial charge in [0.1, 0.15) is 5.52 Å². The number of oxazole rings is 1. The number of aromatic nitrogens is 1. The molecule has 0 unspecified atom stereocenters. The van der Waals surface area contributed by atoms with Crippen LogP contribution < -0.4 is 0 Å². The number of aryl methyl sites for hydroxylation is 2. The van der Waals surface area contributed by atoms with Gasteiger partial charge in [0.25, 0.3) is 0 Å². The lowest BCUT2D eigenvalue weighted by Crippen LogP contribution is -1.96. The van der Waals surface area contributed by atoms with Crippen LogP contribution >= 0.6 is 0 Å². The summed E-state index contributed by atoms with van der Waals surface area (Å²) < 4.78 is 5.41. The predicted octanol–water partition coefficient (Wildman–Crippen LogP) is 2.54. The Bertz CT molecular complexity index is 516. The van der Waals surface area contributed by atoms with Gasteiger partial charge in [0, 0.05) is 13.3 Å². The summed E-state index contributed by atoms with van der Waals surface area (Å²) in [6.07, 6.45) is 1.53. The molecule has 0 aliphatic heterocycles. The lowest BCUT2D eigenvalue weighted by molar-refractivity contribution is -0.137. The highest BCUT2D eigenvalue weighted by atomic mass is 16.4. The van der Waals surface area contributed by atoms with Gasteiger partial charge in [-0.3, -0.25) is 4.79 Å². The van der Waals surface area contributed by atoms with Gasteiger partial charge in [0.2, 0.25) is 0 Å². The molecule has 2 rings (SSSR count). The Morgan fingerprint density at radius 2 is 2.31 bits per heavy atom. The summed E-state index contributed by atoms with van der Waals surface area (Å²) in [5.74, 6) is -0.121. The van der Waals surface area contributed by atoms with Crippen molar-refractivity contribution in [3.8, 4) is 0 Å². The van der Waals surface area contributed by atoms with Crippen LogP contribution in [-0.4, -0.2) is 16.1 Å². The summed E-state index contributed by atoms with van der Waals surface area (Å²) in [5, 5.41) is 8.57. The van der Waals surface area contributed by atoms with Gasteiger partial charge in [-0.15, -0.1) is 0 Å². The maximum absolute atomic E-state index is 10.4. The maximum atomic E-state index is 10.4. The molecule has 2 aromatic rings. The van der Waals surface area contributed by atoms with Crippen molar-refractivity contribution < 1.29 is 14.3 Å². The molecule has 1 heterocycles. The van der Waals surface area contributed by atoms with E-state index in [9.17, 15) is 4.79 Å². The molecule has 0 spiro atoms. The van der Waals surface area contributed by atoms with E-state index in [1.807, 2.05) is 18.2 Å². The first kappa shape index (κ1) is 10.7. The van der Waals surface area contributed by atoms with Crippen LogP contribution in [0.4, 0.5) is 0 Å². The fourth-order valence-electron chi connectivity index (χ4n) is 1.75. The Kier molecular flexibility index (Phi) is 2.90. The van der Waals surface area contributed by atoms with E-state index in [4.69, 9.17) is 9.52 Å². The lowest BCUT2D eigenvalue weighted by Gasteiger charge is -1.99. The Morgan fingerprint density at radius 1 is 1.50 bits per heavy atom. The largest absolute Gasteiger partial charge is 0.481 e. The highest BCUT2D eigenvalue weighted by Gasteiger charge is 2.07. The summed E-state index contributed by atoms with van der Waals surface area (Å²) in [4.78, 5) is 14.7. The molecule has 84 valence electrons. The number of carboxylic acids is 1. The summed E-state index contributed by atoms with van der Waals surface area (Å²) in [6, 6.07) is 5.74. The molecule has 0 aliphatic rings. The smallest absolute Gasteiger partial charge is 0.303 e. The van der Waals surface area contributed by atoms with E-state index in [0.717, 1.165) is 23.1 Å². The number of aliphatic carboxylic acids is 1. The molecule has 0 aliphatic carbocycles. The molecule has 1 N–H and O–H groups in total. The third-order valence-electron chi connectivity index (χ3n) is 2.45. The Balaban J connectivity index is 2.20. The molecule has 0 fully saturated rings. The molecule has 4 heteroatoms. The molecule has 0 saturated heterocycles. The van der Waals surface area contributed by atoms with E-state index in [-0.39, 0.29) is 6.42 Å². The van der Waals surface area contributed by atoms with Crippen LogP contribution in [0.2, 0.25) is 0 Å². The normalized spacial score (nSPS) is 10.8. The van der Waals surface area contributed by atoms with E-state index in [2.05, 4.69) is 4.98 Å². The molecule has 16 heavy (non-hydrogen) atoms. The predicted molar refractivity (Wildman–Crippen MR) is 59.3 cm³/mol. The van der Waals surface area contributed by atoms with Crippen molar-refractivity contribution in [2.24, 2.45) is 0 Å². The van der Waals surface area contributed by atoms with E-state index in [1.54, 1.807) is 6.92 Å². The summed E-state index contributed by atoms with van der Waals surface area (Å²) in [6.45, 7) is 1.81. The molecular formula is C12H13NO3. The second kappa shape index (κ2) is 4.35. The Labute approximate surface area is 92.9 Å². The van der Waals surface area contributed by atoms with E-state index in [1.165, 1.54) is 0 Å². The number of carbonyl (C=O) groups is 1. The zero-order valence-corrected chi connectivity index (χ0v) is 9.06.